The van der Waals surface area contributed by atoms with Crippen LogP contribution in [0.1, 0.15) is 30.1 Å². The van der Waals surface area contributed by atoms with Gasteiger partial charge in [-0.25, -0.2) is 9.67 Å². The molecule has 1 aliphatic rings. The van der Waals surface area contributed by atoms with E-state index in [1.807, 2.05) is 30.3 Å². The maximum absolute atomic E-state index is 12.3. The van der Waals surface area contributed by atoms with Crippen molar-refractivity contribution in [1.82, 2.24) is 25.0 Å². The molecular weight excluding hydrogens is 292 g/mol. The second kappa shape index (κ2) is 5.92. The maximum Gasteiger partial charge on any atom is 0.281 e. The van der Waals surface area contributed by atoms with Crippen LogP contribution in [0.2, 0.25) is 0 Å². The van der Waals surface area contributed by atoms with Crippen LogP contribution >= 0.6 is 0 Å². The number of quaternary nitrogens is 1. The largest absolute Gasteiger partial charge is 0.346 e. The third-order valence-electron chi connectivity index (χ3n) is 4.37. The number of nitrogens with one attached hydrogen (secondary N) is 1. The number of rotatable bonds is 3. The van der Waals surface area contributed by atoms with Crippen molar-refractivity contribution in [2.24, 2.45) is 0 Å². The van der Waals surface area contributed by atoms with E-state index in [0.717, 1.165) is 37.3 Å². The van der Waals surface area contributed by atoms with Crippen LogP contribution in [0, 0.1) is 0 Å². The van der Waals surface area contributed by atoms with Gasteiger partial charge in [0.1, 0.15) is 5.82 Å². The fraction of sp³-hybridized carbons (Fsp3) is 0.375. The van der Waals surface area contributed by atoms with Crippen molar-refractivity contribution in [3.63, 3.8) is 0 Å². The summed E-state index contributed by atoms with van der Waals surface area (Å²) in [7, 11) is 0. The van der Waals surface area contributed by atoms with Gasteiger partial charge in [-0.15, -0.1) is 5.10 Å². The fourth-order valence-electron chi connectivity index (χ4n) is 3.13. The molecule has 3 heterocycles. The Labute approximate surface area is 132 Å². The molecule has 1 saturated heterocycles. The van der Waals surface area contributed by atoms with E-state index in [9.17, 15) is 4.79 Å². The van der Waals surface area contributed by atoms with E-state index in [4.69, 9.17) is 0 Å². The van der Waals surface area contributed by atoms with Crippen molar-refractivity contribution in [3.8, 4) is 0 Å². The van der Waals surface area contributed by atoms with Crippen LogP contribution in [0.15, 0.2) is 35.1 Å². The van der Waals surface area contributed by atoms with Crippen LogP contribution in [-0.2, 0) is 6.54 Å². The summed E-state index contributed by atoms with van der Waals surface area (Å²) in [4.78, 5) is 19.9. The topological polar surface area (TPSA) is 93.1 Å². The number of aromatic nitrogens is 5. The van der Waals surface area contributed by atoms with Crippen LogP contribution in [0.3, 0.4) is 0 Å². The minimum atomic E-state index is -0.199. The zero-order valence-electron chi connectivity index (χ0n) is 12.8. The van der Waals surface area contributed by atoms with Crippen molar-refractivity contribution in [2.45, 2.75) is 25.3 Å². The second-order valence-electron chi connectivity index (χ2n) is 6.01. The summed E-state index contributed by atoms with van der Waals surface area (Å²) < 4.78 is 1.70. The summed E-state index contributed by atoms with van der Waals surface area (Å²) in [6.45, 7) is 2.68. The monoisotopic (exact) mass is 311 g/mol. The number of aromatic amines is 1. The molecule has 1 fully saturated rings. The van der Waals surface area contributed by atoms with Gasteiger partial charge in [0.15, 0.2) is 11.2 Å². The molecule has 0 amide bonds. The van der Waals surface area contributed by atoms with E-state index in [-0.39, 0.29) is 5.56 Å². The van der Waals surface area contributed by atoms with Gasteiger partial charge < -0.3 is 10.3 Å². The van der Waals surface area contributed by atoms with Crippen LogP contribution in [-0.4, -0.2) is 38.1 Å². The first-order valence-corrected chi connectivity index (χ1v) is 8.00. The molecule has 0 spiro atoms. The zero-order chi connectivity index (χ0) is 15.6. The second-order valence-corrected chi connectivity index (χ2v) is 6.01. The number of nitrogens with two attached hydrogens (primary N) is 1. The minimum Gasteiger partial charge on any atom is -0.346 e. The normalized spacial score (nSPS) is 18.3. The van der Waals surface area contributed by atoms with Gasteiger partial charge in [-0.2, -0.15) is 0 Å². The third-order valence-corrected chi connectivity index (χ3v) is 4.37. The molecule has 3 N–H and O–H groups in total. The maximum atomic E-state index is 12.3. The molecule has 0 aliphatic carbocycles. The van der Waals surface area contributed by atoms with Gasteiger partial charge in [0.05, 0.1) is 25.6 Å². The van der Waals surface area contributed by atoms with Crippen LogP contribution in [0.5, 0.6) is 0 Å². The molecule has 23 heavy (non-hydrogen) atoms. The molecule has 0 unspecified atom stereocenters. The minimum absolute atomic E-state index is 0.199. The van der Waals surface area contributed by atoms with Crippen LogP contribution < -0.4 is 10.9 Å². The summed E-state index contributed by atoms with van der Waals surface area (Å²) in [5.74, 6) is 1.05. The Bertz CT molecular complexity index is 863. The lowest BCUT2D eigenvalue weighted by Gasteiger charge is -2.18. The van der Waals surface area contributed by atoms with Crippen molar-refractivity contribution in [2.75, 3.05) is 13.1 Å². The first-order chi connectivity index (χ1) is 11.3. The smallest absolute Gasteiger partial charge is 0.281 e. The van der Waals surface area contributed by atoms with E-state index in [0.29, 0.717) is 23.6 Å². The Balaban J connectivity index is 1.74. The molecule has 118 valence electrons. The molecular formula is C16H19N6O+. The number of H-pyrrole nitrogens is 1. The van der Waals surface area contributed by atoms with Gasteiger partial charge in [0, 0.05) is 0 Å². The molecule has 0 radical (unpaired) electrons. The van der Waals surface area contributed by atoms with Crippen molar-refractivity contribution < 1.29 is 5.32 Å². The number of nitrogens with zero attached hydrogens (tertiary/aromatic N) is 4. The molecule has 0 bridgehead atoms. The van der Waals surface area contributed by atoms with E-state index < -0.39 is 0 Å². The highest BCUT2D eigenvalue weighted by Gasteiger charge is 2.22. The predicted molar refractivity (Wildman–Crippen MR) is 85.1 cm³/mol. The molecule has 7 heteroatoms. The first kappa shape index (κ1) is 14.1. The number of benzene rings is 1. The Morgan fingerprint density at radius 2 is 2.17 bits per heavy atom. The summed E-state index contributed by atoms with van der Waals surface area (Å²) in [5, 5.41) is 10.4. The van der Waals surface area contributed by atoms with E-state index in [1.54, 1.807) is 4.68 Å². The van der Waals surface area contributed by atoms with Gasteiger partial charge in [0.2, 0.25) is 0 Å². The molecule has 0 saturated carbocycles. The van der Waals surface area contributed by atoms with E-state index in [1.165, 1.54) is 0 Å². The lowest BCUT2D eigenvalue weighted by molar-refractivity contribution is -0.665. The van der Waals surface area contributed by atoms with Crippen LogP contribution in [0.25, 0.3) is 11.2 Å². The van der Waals surface area contributed by atoms with E-state index >= 15 is 0 Å². The predicted octanol–water partition coefficient (Wildman–Crippen LogP) is 0.00370. The van der Waals surface area contributed by atoms with Gasteiger partial charge in [-0.3, -0.25) is 4.79 Å². The highest BCUT2D eigenvalue weighted by molar-refractivity contribution is 5.68. The molecule has 4 rings (SSSR count). The molecule has 7 nitrogen and oxygen atoms in total. The highest BCUT2D eigenvalue weighted by Crippen LogP contribution is 2.18. The summed E-state index contributed by atoms with van der Waals surface area (Å²) in [5.41, 5.74) is 1.78. The lowest BCUT2D eigenvalue weighted by atomic mass is 9.99. The summed E-state index contributed by atoms with van der Waals surface area (Å²) >= 11 is 0. The van der Waals surface area contributed by atoms with E-state index in [2.05, 4.69) is 25.6 Å². The average molecular weight is 311 g/mol. The first-order valence-electron chi connectivity index (χ1n) is 8.00. The van der Waals surface area contributed by atoms with Crippen LogP contribution in [0.4, 0.5) is 0 Å². The standard InChI is InChI=1S/C16H18N6O/c23-16-13-15(18-14(19-16)12-7-4-8-17-9-12)22(21-20-13)10-11-5-2-1-3-6-11/h1-3,5-6,12,17H,4,7-10H2,(H,18,19,23)/p+1/t12-/m0/s1. The quantitative estimate of drug-likeness (QED) is 0.712. The average Bonchev–Trinajstić information content (AvgIpc) is 3.00. The van der Waals surface area contributed by atoms with Gasteiger partial charge in [0.25, 0.3) is 5.56 Å². The Morgan fingerprint density at radius 1 is 1.30 bits per heavy atom. The highest BCUT2D eigenvalue weighted by atomic mass is 16.1. The molecule has 2 aromatic heterocycles. The van der Waals surface area contributed by atoms with Gasteiger partial charge >= 0.3 is 0 Å². The molecule has 1 aliphatic heterocycles. The Hall–Kier alpha value is -2.54. The third kappa shape index (κ3) is 2.75. The lowest BCUT2D eigenvalue weighted by Crippen LogP contribution is -2.86. The fourth-order valence-corrected chi connectivity index (χ4v) is 3.13. The van der Waals surface area contributed by atoms with Gasteiger partial charge in [-0.05, 0) is 18.4 Å². The number of piperidine rings is 1. The zero-order valence-corrected chi connectivity index (χ0v) is 12.8. The van der Waals surface area contributed by atoms with Crippen molar-refractivity contribution in [1.29, 1.82) is 0 Å². The SMILES string of the molecule is O=c1[nH]c([C@H]2CCC[NH2+]C2)nc2c1nnn2Cc1ccccc1. The van der Waals surface area contributed by atoms with Crippen molar-refractivity contribution in [3.05, 3.63) is 52.1 Å². The number of hydrogen-bond donors (Lipinski definition) is 2. The Kier molecular flexibility index (Phi) is 3.63. The molecule has 1 atom stereocenters. The summed E-state index contributed by atoms with van der Waals surface area (Å²) in [6.07, 6.45) is 2.21. The summed E-state index contributed by atoms with van der Waals surface area (Å²) in [6, 6.07) is 9.99. The van der Waals surface area contributed by atoms with Gasteiger partial charge in [-0.1, -0.05) is 35.5 Å². The molecule has 3 aromatic rings. The van der Waals surface area contributed by atoms with Crippen molar-refractivity contribution >= 4 is 11.2 Å². The molecule has 1 aromatic carbocycles. The Morgan fingerprint density at radius 3 is 2.96 bits per heavy atom. The number of fused-ring (bicyclic) bond motifs is 1. The number of hydrogen-bond acceptors (Lipinski definition) is 4.